The Bertz CT molecular complexity index is 2300. The zero-order chi connectivity index (χ0) is 39.8. The summed E-state index contributed by atoms with van der Waals surface area (Å²) in [6, 6.07) is 15.8. The third-order valence-electron chi connectivity index (χ3n) is 7.90. The Morgan fingerprint density at radius 1 is 0.695 bits per heavy atom. The number of aliphatic carboxylic acids is 4. The molecule has 59 heavy (non-hydrogen) atoms. The SMILES string of the molecule is Cc1ccc(N(CC(=O)O)CC(=O)O)c(OCCOc2cc(CNC(=O)c3c(O)ccc4nc5ccc(=O)cc-5oc34)ccc2N(CC(=O)O)CC(=O)O)c1.[Li].[Li].[Li].[Li]. The van der Waals surface area contributed by atoms with E-state index in [0.29, 0.717) is 11.3 Å². The van der Waals surface area contributed by atoms with E-state index in [-0.39, 0.29) is 146 Å². The van der Waals surface area contributed by atoms with E-state index in [4.69, 9.17) is 13.9 Å². The van der Waals surface area contributed by atoms with Gasteiger partial charge in [0.25, 0.3) is 5.91 Å². The van der Waals surface area contributed by atoms with Crippen LogP contribution in [0.1, 0.15) is 21.5 Å². The second kappa shape index (κ2) is 23.6. The molecular weight excluding hydrogens is 752 g/mol. The Labute approximate surface area is 383 Å². The number of carboxylic acid groups (broad SMARTS) is 4. The summed E-state index contributed by atoms with van der Waals surface area (Å²) in [4.78, 5) is 78.2. The first-order valence-corrected chi connectivity index (χ1v) is 16.4. The minimum Gasteiger partial charge on any atom is -0.507 e. The monoisotopic (exact) mass is 786 g/mol. The fourth-order valence-corrected chi connectivity index (χ4v) is 5.60. The molecule has 3 aromatic carbocycles. The first kappa shape index (κ1) is 52.0. The van der Waals surface area contributed by atoms with Gasteiger partial charge in [0, 0.05) is 88.1 Å². The average Bonchev–Trinajstić information content (AvgIpc) is 3.10. The first-order chi connectivity index (χ1) is 26.2. The Morgan fingerprint density at radius 3 is 1.76 bits per heavy atom. The Morgan fingerprint density at radius 2 is 1.22 bits per heavy atom. The van der Waals surface area contributed by atoms with Crippen LogP contribution in [0.25, 0.3) is 22.6 Å². The fourth-order valence-electron chi connectivity index (χ4n) is 5.60. The van der Waals surface area contributed by atoms with Crippen molar-refractivity contribution in [1.82, 2.24) is 10.3 Å². The van der Waals surface area contributed by atoms with E-state index in [1.165, 1.54) is 54.6 Å². The molecule has 18 nitrogen and oxygen atoms in total. The zero-order valence-corrected chi connectivity index (χ0v) is 33.1. The van der Waals surface area contributed by atoms with Crippen molar-refractivity contribution in [2.75, 3.05) is 49.2 Å². The smallest absolute Gasteiger partial charge is 0.323 e. The Hall–Kier alpha value is -4.98. The number of fused-ring (bicyclic) bond motifs is 2. The second-order valence-electron chi connectivity index (χ2n) is 12.1. The van der Waals surface area contributed by atoms with Crippen LogP contribution in [0.3, 0.4) is 0 Å². The number of hydrogen-bond donors (Lipinski definition) is 6. The molecule has 3 aromatic rings. The van der Waals surface area contributed by atoms with Gasteiger partial charge in [-0.25, -0.2) is 4.98 Å². The third kappa shape index (κ3) is 14.1. The fraction of sp³-hybridized carbons (Fsp3) is 0.216. The molecule has 0 spiro atoms. The molecular formula is C37H34Li4N4O14. The molecule has 0 fully saturated rings. The number of carbonyl (C=O) groups is 5. The second-order valence-corrected chi connectivity index (χ2v) is 12.1. The number of aromatic hydroxyl groups is 1. The van der Waals surface area contributed by atoms with Gasteiger partial charge in [0.15, 0.2) is 16.8 Å². The molecule has 0 atom stereocenters. The van der Waals surface area contributed by atoms with Crippen molar-refractivity contribution < 1.29 is 63.4 Å². The van der Waals surface area contributed by atoms with Gasteiger partial charge >= 0.3 is 23.9 Å². The summed E-state index contributed by atoms with van der Waals surface area (Å²) in [5, 5.41) is 51.0. The van der Waals surface area contributed by atoms with Crippen LogP contribution in [-0.4, -0.2) is 175 Å². The van der Waals surface area contributed by atoms with E-state index >= 15 is 0 Å². The van der Waals surface area contributed by atoms with E-state index in [0.717, 1.165) is 15.4 Å². The number of benzene rings is 4. The van der Waals surface area contributed by atoms with Crippen LogP contribution in [-0.2, 0) is 25.7 Å². The summed E-state index contributed by atoms with van der Waals surface area (Å²) in [5.74, 6) is -6.06. The number of aromatic nitrogens is 1. The summed E-state index contributed by atoms with van der Waals surface area (Å²) in [7, 11) is 0. The molecule has 2 aliphatic rings. The van der Waals surface area contributed by atoms with Gasteiger partial charge in [-0.15, -0.1) is 0 Å². The maximum Gasteiger partial charge on any atom is 0.323 e. The van der Waals surface area contributed by atoms with Crippen LogP contribution in [0.4, 0.5) is 11.4 Å². The maximum absolute atomic E-state index is 13.4. The van der Waals surface area contributed by atoms with Crippen molar-refractivity contribution in [2.45, 2.75) is 13.5 Å². The summed E-state index contributed by atoms with van der Waals surface area (Å²) >= 11 is 0. The van der Waals surface area contributed by atoms with Gasteiger partial charge in [0.1, 0.15) is 73.4 Å². The topological polar surface area (TPSA) is 267 Å². The standard InChI is InChI=1S/C37H34N4O14.4Li/c1-20-2-7-25(40(16-31(44)45)17-32(46)47)29(12-20)53-10-11-54-30-13-21(3-8-26(30)41(18-33(48)49)19-34(50)51)15-38-37(52)35-27(43)9-6-24-36(35)55-28-14-22(42)4-5-23(28)39-24;;;;/h2-9,12-14,43H,10-11,15-19H2,1H3,(H,38,52)(H,44,45)(H,46,47)(H,48,49)(H,50,51);;;;. The van der Waals surface area contributed by atoms with Gasteiger partial charge in [0.2, 0.25) is 0 Å². The van der Waals surface area contributed by atoms with E-state index in [1.54, 1.807) is 19.1 Å². The molecule has 0 aromatic heterocycles. The van der Waals surface area contributed by atoms with Gasteiger partial charge < -0.3 is 54.5 Å². The van der Waals surface area contributed by atoms with Gasteiger partial charge in [0.05, 0.1) is 11.4 Å². The molecule has 0 bridgehead atoms. The quantitative estimate of drug-likeness (QED) is 0.0413. The molecule has 0 saturated heterocycles. The van der Waals surface area contributed by atoms with Crippen LogP contribution >= 0.6 is 0 Å². The number of anilines is 2. The number of nitrogens with one attached hydrogen (secondary N) is 1. The van der Waals surface area contributed by atoms with E-state index in [1.807, 2.05) is 0 Å². The number of ether oxygens (including phenoxy) is 2. The minimum absolute atomic E-state index is 0. The number of amides is 1. The molecule has 290 valence electrons. The largest absolute Gasteiger partial charge is 0.507 e. The van der Waals surface area contributed by atoms with Crippen LogP contribution < -0.4 is 30.0 Å². The number of carboxylic acids is 4. The van der Waals surface area contributed by atoms with Crippen LogP contribution in [0.2, 0.25) is 0 Å². The molecule has 5 rings (SSSR count). The number of phenolic OH excluding ortho intramolecular Hbond substituents is 1. The van der Waals surface area contributed by atoms with Gasteiger partial charge in [-0.1, -0.05) is 12.1 Å². The Balaban J connectivity index is 0.00000435. The maximum atomic E-state index is 13.4. The molecule has 1 aliphatic heterocycles. The predicted molar refractivity (Wildman–Crippen MR) is 216 cm³/mol. The molecule has 1 heterocycles. The average molecular weight is 786 g/mol. The normalized spacial score (nSPS) is 10.1. The number of carbonyl (C=O) groups excluding carboxylic acids is 1. The van der Waals surface area contributed by atoms with E-state index in [2.05, 4.69) is 10.3 Å². The number of phenols is 1. The van der Waals surface area contributed by atoms with Crippen molar-refractivity contribution >= 4 is 128 Å². The van der Waals surface area contributed by atoms with Crippen molar-refractivity contribution in [3.05, 3.63) is 93.6 Å². The van der Waals surface area contributed by atoms with E-state index in [9.17, 15) is 54.3 Å². The molecule has 1 aliphatic carbocycles. The zero-order valence-electron chi connectivity index (χ0n) is 33.1. The van der Waals surface area contributed by atoms with Crippen molar-refractivity contribution in [3.8, 4) is 28.7 Å². The molecule has 6 N–H and O–H groups in total. The molecule has 22 heteroatoms. The van der Waals surface area contributed by atoms with Gasteiger partial charge in [-0.2, -0.15) is 0 Å². The molecule has 1 amide bonds. The van der Waals surface area contributed by atoms with Crippen molar-refractivity contribution in [1.29, 1.82) is 0 Å². The summed E-state index contributed by atoms with van der Waals surface area (Å²) in [6.45, 7) is -1.45. The summed E-state index contributed by atoms with van der Waals surface area (Å²) in [6.07, 6.45) is 0. The van der Waals surface area contributed by atoms with Crippen LogP contribution in [0.15, 0.2) is 75.9 Å². The van der Waals surface area contributed by atoms with Gasteiger partial charge in [-0.05, 0) is 66.6 Å². The molecule has 0 unspecified atom stereocenters. The van der Waals surface area contributed by atoms with E-state index < -0.39 is 61.7 Å². The third-order valence-corrected chi connectivity index (χ3v) is 7.90. The summed E-state index contributed by atoms with van der Waals surface area (Å²) in [5.41, 5.74) is 1.36. The van der Waals surface area contributed by atoms with Crippen molar-refractivity contribution in [3.63, 3.8) is 0 Å². The summed E-state index contributed by atoms with van der Waals surface area (Å²) < 4.78 is 17.7. The number of nitrogens with zero attached hydrogens (tertiary/aromatic N) is 3. The Kier molecular flexibility index (Phi) is 20.8. The number of rotatable bonds is 18. The van der Waals surface area contributed by atoms with Crippen LogP contribution in [0.5, 0.6) is 17.2 Å². The predicted octanol–water partition coefficient (Wildman–Crippen LogP) is 1.12. The molecule has 0 saturated carbocycles. The first-order valence-electron chi connectivity index (χ1n) is 16.4. The number of hydrogen-bond acceptors (Lipinski definition) is 13. The number of aryl methyl sites for hydroxylation is 1. The van der Waals surface area contributed by atoms with Crippen molar-refractivity contribution in [2.24, 2.45) is 0 Å². The van der Waals surface area contributed by atoms with Gasteiger partial charge in [-0.3, -0.25) is 28.8 Å². The molecule has 4 radical (unpaired) electrons. The van der Waals surface area contributed by atoms with Crippen LogP contribution in [0, 0.1) is 6.92 Å². The minimum atomic E-state index is -1.32.